The molecule has 4 heteroatoms. The van der Waals surface area contributed by atoms with Crippen LogP contribution in [-0.2, 0) is 11.2 Å². The molecule has 0 radical (unpaired) electrons. The minimum absolute atomic E-state index is 0.00540. The highest BCUT2D eigenvalue weighted by Crippen LogP contribution is 2.32. The van der Waals surface area contributed by atoms with Gasteiger partial charge in [0.2, 0.25) is 0 Å². The lowest BCUT2D eigenvalue weighted by atomic mass is 10.1. The van der Waals surface area contributed by atoms with Gasteiger partial charge in [0.15, 0.2) is 0 Å². The molecule has 1 aromatic heterocycles. The van der Waals surface area contributed by atoms with Gasteiger partial charge in [0.1, 0.15) is 0 Å². The fraction of sp³-hybridized carbons (Fsp3) is 0.0870. The first-order valence-electron chi connectivity index (χ1n) is 8.78. The molecule has 0 saturated heterocycles. The zero-order valence-electron chi connectivity index (χ0n) is 14.6. The number of rotatable bonds is 5. The van der Waals surface area contributed by atoms with E-state index in [4.69, 9.17) is 0 Å². The lowest BCUT2D eigenvalue weighted by Gasteiger charge is -2.17. The molecule has 0 bridgehead atoms. The summed E-state index contributed by atoms with van der Waals surface area (Å²) >= 11 is 3.48. The molecule has 3 nitrogen and oxygen atoms in total. The topological polar surface area (TPSA) is 45.1 Å². The number of carboxylic acids is 1. The SMILES string of the molecule is O=C([O-])CCc1ccc(-c2ccc(Br)cc2)n1-c1cccc2ccccc12. The molecule has 0 unspecified atom stereocenters. The van der Waals surface area contributed by atoms with Crippen LogP contribution in [0.1, 0.15) is 12.1 Å². The second kappa shape index (κ2) is 7.41. The van der Waals surface area contributed by atoms with Gasteiger partial charge in [0, 0.05) is 21.5 Å². The highest BCUT2D eigenvalue weighted by atomic mass is 79.9. The number of halogens is 1. The second-order valence-corrected chi connectivity index (χ2v) is 7.34. The number of aliphatic carboxylic acids is 1. The Kier molecular flexibility index (Phi) is 4.82. The van der Waals surface area contributed by atoms with Crippen molar-refractivity contribution in [3.8, 4) is 16.9 Å². The number of benzene rings is 3. The summed E-state index contributed by atoms with van der Waals surface area (Å²) in [5, 5.41) is 13.3. The quantitative estimate of drug-likeness (QED) is 0.469. The van der Waals surface area contributed by atoms with E-state index in [1.807, 2.05) is 36.4 Å². The molecular formula is C23H17BrNO2-. The van der Waals surface area contributed by atoms with Crippen molar-refractivity contribution in [2.75, 3.05) is 0 Å². The standard InChI is InChI=1S/C23H18BrNO2/c24-18-10-8-17(9-11-18)21-14-12-19(13-15-23(26)27)25(21)22-7-3-5-16-4-1-2-6-20(16)22/h1-12,14H,13,15H2,(H,26,27)/p-1. The minimum atomic E-state index is -1.04. The predicted molar refractivity (Wildman–Crippen MR) is 110 cm³/mol. The van der Waals surface area contributed by atoms with Crippen LogP contribution in [-0.4, -0.2) is 10.5 Å². The number of nitrogens with zero attached hydrogens (tertiary/aromatic N) is 1. The fourth-order valence-electron chi connectivity index (χ4n) is 3.44. The smallest absolute Gasteiger partial charge is 0.0537 e. The van der Waals surface area contributed by atoms with Gasteiger partial charge >= 0.3 is 0 Å². The Bertz CT molecular complexity index is 1110. The van der Waals surface area contributed by atoms with E-state index in [0.717, 1.165) is 37.9 Å². The van der Waals surface area contributed by atoms with Crippen LogP contribution in [0, 0.1) is 0 Å². The van der Waals surface area contributed by atoms with E-state index in [2.05, 4.69) is 63.0 Å². The minimum Gasteiger partial charge on any atom is -0.550 e. The summed E-state index contributed by atoms with van der Waals surface area (Å²) in [5.74, 6) is -1.04. The fourth-order valence-corrected chi connectivity index (χ4v) is 3.70. The number of carbonyl (C=O) groups is 1. The maximum absolute atomic E-state index is 11.0. The molecular weight excluding hydrogens is 402 g/mol. The van der Waals surface area contributed by atoms with Crippen LogP contribution >= 0.6 is 15.9 Å². The summed E-state index contributed by atoms with van der Waals surface area (Å²) < 4.78 is 3.18. The van der Waals surface area contributed by atoms with E-state index in [0.29, 0.717) is 6.42 Å². The van der Waals surface area contributed by atoms with Crippen LogP contribution in [0.2, 0.25) is 0 Å². The van der Waals surface area contributed by atoms with E-state index < -0.39 is 5.97 Å². The molecule has 0 fully saturated rings. The number of carbonyl (C=O) groups excluding carboxylic acids is 1. The molecule has 0 amide bonds. The van der Waals surface area contributed by atoms with Crippen molar-refractivity contribution < 1.29 is 9.90 Å². The first kappa shape index (κ1) is 17.6. The Labute approximate surface area is 166 Å². The average molecular weight is 419 g/mol. The van der Waals surface area contributed by atoms with Crippen molar-refractivity contribution in [2.45, 2.75) is 12.8 Å². The van der Waals surface area contributed by atoms with Crippen molar-refractivity contribution in [3.63, 3.8) is 0 Å². The van der Waals surface area contributed by atoms with Gasteiger partial charge in [-0.05, 0) is 54.1 Å². The van der Waals surface area contributed by atoms with Gasteiger partial charge in [-0.2, -0.15) is 0 Å². The molecule has 0 aliphatic heterocycles. The molecule has 4 rings (SSSR count). The maximum Gasteiger partial charge on any atom is 0.0537 e. The molecule has 4 aromatic rings. The third-order valence-corrected chi connectivity index (χ3v) is 5.22. The van der Waals surface area contributed by atoms with Gasteiger partial charge in [-0.1, -0.05) is 64.5 Å². The second-order valence-electron chi connectivity index (χ2n) is 6.42. The molecule has 3 aromatic carbocycles. The number of carboxylic acid groups (broad SMARTS) is 1. The van der Waals surface area contributed by atoms with Crippen molar-refractivity contribution in [1.82, 2.24) is 4.57 Å². The van der Waals surface area contributed by atoms with Gasteiger partial charge < -0.3 is 14.5 Å². The number of aromatic nitrogens is 1. The summed E-state index contributed by atoms with van der Waals surface area (Å²) in [7, 11) is 0. The normalized spacial score (nSPS) is 11.0. The zero-order valence-corrected chi connectivity index (χ0v) is 16.1. The summed E-state index contributed by atoms with van der Waals surface area (Å²) in [6.07, 6.45) is 0.413. The first-order chi connectivity index (χ1) is 13.1. The van der Waals surface area contributed by atoms with E-state index >= 15 is 0 Å². The lowest BCUT2D eigenvalue weighted by Crippen LogP contribution is -2.22. The van der Waals surface area contributed by atoms with Crippen molar-refractivity contribution >= 4 is 32.7 Å². The third kappa shape index (κ3) is 3.53. The summed E-state index contributed by atoms with van der Waals surface area (Å²) in [4.78, 5) is 11.0. The molecule has 0 aliphatic carbocycles. The van der Waals surface area contributed by atoms with E-state index in [-0.39, 0.29) is 6.42 Å². The molecule has 0 saturated carbocycles. The summed E-state index contributed by atoms with van der Waals surface area (Å²) in [6.45, 7) is 0. The number of aryl methyl sites for hydroxylation is 1. The summed E-state index contributed by atoms with van der Waals surface area (Å²) in [5.41, 5.74) is 4.11. The van der Waals surface area contributed by atoms with Crippen LogP contribution in [0.3, 0.4) is 0 Å². The van der Waals surface area contributed by atoms with Gasteiger partial charge in [-0.25, -0.2) is 0 Å². The zero-order chi connectivity index (χ0) is 18.8. The Morgan fingerprint density at radius 3 is 2.41 bits per heavy atom. The highest BCUT2D eigenvalue weighted by molar-refractivity contribution is 9.10. The monoisotopic (exact) mass is 418 g/mol. The number of fused-ring (bicyclic) bond motifs is 1. The first-order valence-corrected chi connectivity index (χ1v) is 9.57. The molecule has 0 N–H and O–H groups in total. The van der Waals surface area contributed by atoms with E-state index in [9.17, 15) is 9.90 Å². The Balaban J connectivity index is 1.94. The highest BCUT2D eigenvalue weighted by Gasteiger charge is 2.14. The van der Waals surface area contributed by atoms with E-state index in [1.165, 1.54) is 0 Å². The Morgan fingerprint density at radius 2 is 1.63 bits per heavy atom. The number of hydrogen-bond acceptors (Lipinski definition) is 2. The maximum atomic E-state index is 11.0. The van der Waals surface area contributed by atoms with Gasteiger partial charge in [-0.15, -0.1) is 0 Å². The summed E-state index contributed by atoms with van der Waals surface area (Å²) in [6, 6.07) is 26.6. The van der Waals surface area contributed by atoms with Crippen LogP contribution in [0.25, 0.3) is 27.7 Å². The van der Waals surface area contributed by atoms with Gasteiger partial charge in [0.05, 0.1) is 11.4 Å². The van der Waals surface area contributed by atoms with E-state index in [1.54, 1.807) is 0 Å². The number of hydrogen-bond donors (Lipinski definition) is 0. The largest absolute Gasteiger partial charge is 0.550 e. The molecule has 0 atom stereocenters. The molecule has 0 aliphatic rings. The van der Waals surface area contributed by atoms with Gasteiger partial charge in [-0.3, -0.25) is 0 Å². The molecule has 134 valence electrons. The third-order valence-electron chi connectivity index (χ3n) is 4.69. The van der Waals surface area contributed by atoms with Gasteiger partial charge in [0.25, 0.3) is 0 Å². The van der Waals surface area contributed by atoms with Crippen LogP contribution in [0.15, 0.2) is 83.3 Å². The predicted octanol–water partition coefficient (Wildman–Crippen LogP) is 4.74. The molecule has 0 spiro atoms. The average Bonchev–Trinajstić information content (AvgIpc) is 3.10. The van der Waals surface area contributed by atoms with Crippen LogP contribution in [0.5, 0.6) is 0 Å². The lowest BCUT2D eigenvalue weighted by molar-refractivity contribution is -0.305. The van der Waals surface area contributed by atoms with Crippen LogP contribution < -0.4 is 5.11 Å². The Hall–Kier alpha value is -2.85. The Morgan fingerprint density at radius 1 is 0.889 bits per heavy atom. The van der Waals surface area contributed by atoms with Crippen molar-refractivity contribution in [2.24, 2.45) is 0 Å². The van der Waals surface area contributed by atoms with Crippen molar-refractivity contribution in [3.05, 3.63) is 89.0 Å². The molecule has 27 heavy (non-hydrogen) atoms. The van der Waals surface area contributed by atoms with Crippen LogP contribution in [0.4, 0.5) is 0 Å². The van der Waals surface area contributed by atoms with Crippen molar-refractivity contribution in [1.29, 1.82) is 0 Å². The molecule has 1 heterocycles.